The number of hydrogen-bond donors (Lipinski definition) is 2. The van der Waals surface area contributed by atoms with Gasteiger partial charge in [0.1, 0.15) is 10.8 Å². The highest BCUT2D eigenvalue weighted by molar-refractivity contribution is 7.98. The fourth-order valence-electron chi connectivity index (χ4n) is 2.70. The highest BCUT2D eigenvalue weighted by atomic mass is 32.2. The van der Waals surface area contributed by atoms with Gasteiger partial charge in [-0.3, -0.25) is 14.6 Å². The molecular weight excluding hydrogens is 402 g/mol. The number of carbonyl (C=O) groups is 2. The van der Waals surface area contributed by atoms with Crippen LogP contribution >= 0.6 is 11.8 Å². The van der Waals surface area contributed by atoms with Crippen LogP contribution in [0.3, 0.4) is 0 Å². The molecule has 0 atom stereocenters. The third-order valence-electron chi connectivity index (χ3n) is 4.43. The van der Waals surface area contributed by atoms with E-state index in [0.717, 1.165) is 22.6 Å². The van der Waals surface area contributed by atoms with Crippen LogP contribution < -0.4 is 10.6 Å². The maximum Gasteiger partial charge on any atom is 0.254 e. The summed E-state index contributed by atoms with van der Waals surface area (Å²) in [5.74, 6) is 0.980. The lowest BCUT2D eigenvalue weighted by molar-refractivity contribution is -0.121. The number of aryl methyl sites for hydroxylation is 2. The summed E-state index contributed by atoms with van der Waals surface area (Å²) in [6, 6.07) is 7.12. The number of carbonyl (C=O) groups excluding carboxylic acids is 2. The first kappa shape index (κ1) is 21.5. The van der Waals surface area contributed by atoms with E-state index in [1.165, 1.54) is 11.8 Å². The van der Waals surface area contributed by atoms with Gasteiger partial charge >= 0.3 is 0 Å². The molecule has 3 heterocycles. The molecule has 0 aliphatic carbocycles. The molecule has 0 spiro atoms. The summed E-state index contributed by atoms with van der Waals surface area (Å²) in [5.41, 5.74) is 3.28. The quantitative estimate of drug-likeness (QED) is 0.507. The van der Waals surface area contributed by atoms with Crippen LogP contribution in [0.15, 0.2) is 52.4 Å². The molecule has 3 aromatic rings. The second-order valence-electron chi connectivity index (χ2n) is 6.59. The van der Waals surface area contributed by atoms with Crippen molar-refractivity contribution in [2.24, 2.45) is 0 Å². The maximum absolute atomic E-state index is 12.6. The van der Waals surface area contributed by atoms with Crippen molar-refractivity contribution in [3.05, 3.63) is 71.0 Å². The van der Waals surface area contributed by atoms with Crippen molar-refractivity contribution in [2.45, 2.75) is 37.6 Å². The fraction of sp³-hybridized carbons (Fsp3) is 0.286. The van der Waals surface area contributed by atoms with Crippen molar-refractivity contribution in [3.63, 3.8) is 0 Å². The van der Waals surface area contributed by atoms with Crippen LogP contribution in [0.1, 0.15) is 39.4 Å². The van der Waals surface area contributed by atoms with Crippen molar-refractivity contribution in [2.75, 3.05) is 6.54 Å². The molecule has 0 aliphatic rings. The monoisotopic (exact) mass is 425 g/mol. The maximum atomic E-state index is 12.6. The molecule has 0 saturated heterocycles. The van der Waals surface area contributed by atoms with Crippen LogP contribution in [0.4, 0.5) is 0 Å². The molecule has 2 amide bonds. The van der Waals surface area contributed by atoms with Gasteiger partial charge in [-0.15, -0.1) is 11.8 Å². The molecular formula is C21H23N5O3S. The van der Waals surface area contributed by atoms with Crippen molar-refractivity contribution < 1.29 is 14.1 Å². The lowest BCUT2D eigenvalue weighted by atomic mass is 10.2. The molecule has 9 heteroatoms. The van der Waals surface area contributed by atoms with Crippen molar-refractivity contribution in [1.29, 1.82) is 0 Å². The average molecular weight is 426 g/mol. The first-order valence-electron chi connectivity index (χ1n) is 9.48. The number of nitrogens with zero attached hydrogens (tertiary/aromatic N) is 3. The molecule has 2 N–H and O–H groups in total. The van der Waals surface area contributed by atoms with Gasteiger partial charge in [-0.2, -0.15) is 0 Å². The van der Waals surface area contributed by atoms with Crippen LogP contribution in [0, 0.1) is 13.8 Å². The Morgan fingerprint density at radius 1 is 1.10 bits per heavy atom. The van der Waals surface area contributed by atoms with Gasteiger partial charge in [0.25, 0.3) is 5.91 Å². The second kappa shape index (κ2) is 10.5. The van der Waals surface area contributed by atoms with Crippen molar-refractivity contribution in [3.8, 4) is 0 Å². The number of hydrogen-bond acceptors (Lipinski definition) is 7. The predicted octanol–water partition coefficient (Wildman–Crippen LogP) is 2.81. The molecule has 8 nitrogen and oxygen atoms in total. The van der Waals surface area contributed by atoms with Crippen LogP contribution in [0.2, 0.25) is 0 Å². The molecule has 156 valence electrons. The summed E-state index contributed by atoms with van der Waals surface area (Å²) in [6.07, 6.45) is 5.20. The van der Waals surface area contributed by atoms with Gasteiger partial charge in [-0.05, 0) is 43.7 Å². The fourth-order valence-corrected chi connectivity index (χ4v) is 3.85. The Bertz CT molecular complexity index is 987. The predicted molar refractivity (Wildman–Crippen MR) is 113 cm³/mol. The zero-order valence-electron chi connectivity index (χ0n) is 16.8. The summed E-state index contributed by atoms with van der Waals surface area (Å²) in [5, 5.41) is 10.2. The summed E-state index contributed by atoms with van der Waals surface area (Å²) in [6.45, 7) is 4.42. The van der Waals surface area contributed by atoms with Crippen molar-refractivity contribution in [1.82, 2.24) is 25.8 Å². The van der Waals surface area contributed by atoms with Crippen LogP contribution in [0.5, 0.6) is 0 Å². The molecule has 0 aliphatic heterocycles. The topological polar surface area (TPSA) is 110 Å². The minimum Gasteiger partial charge on any atom is -0.361 e. The minimum absolute atomic E-state index is 0.133. The summed E-state index contributed by atoms with van der Waals surface area (Å²) in [7, 11) is 0. The second-order valence-corrected chi connectivity index (χ2v) is 7.55. The highest BCUT2D eigenvalue weighted by Gasteiger charge is 2.15. The summed E-state index contributed by atoms with van der Waals surface area (Å²) >= 11 is 1.45. The first-order chi connectivity index (χ1) is 14.5. The number of thioether (sulfide) groups is 1. The average Bonchev–Trinajstić information content (AvgIpc) is 3.09. The number of nitrogens with one attached hydrogen (secondary N) is 2. The van der Waals surface area contributed by atoms with Gasteiger partial charge in [-0.1, -0.05) is 5.16 Å². The SMILES string of the molecule is Cc1noc(C)c1CSc1ncccc1C(=O)NCCC(=O)NCc1ccncc1. The standard InChI is InChI=1S/C21H23N5O3S/c1-14-18(15(2)29-26-14)13-30-21-17(4-3-8-24-21)20(28)23-11-7-19(27)25-12-16-5-9-22-10-6-16/h3-6,8-10H,7,11-13H2,1-2H3,(H,23,28)(H,25,27). The van der Waals surface area contributed by atoms with E-state index in [2.05, 4.69) is 25.8 Å². The Labute approximate surface area is 178 Å². The zero-order valence-corrected chi connectivity index (χ0v) is 17.7. The Kier molecular flexibility index (Phi) is 7.56. The zero-order chi connectivity index (χ0) is 21.3. The van der Waals surface area contributed by atoms with E-state index in [1.54, 1.807) is 30.7 Å². The van der Waals surface area contributed by atoms with E-state index in [0.29, 0.717) is 22.9 Å². The van der Waals surface area contributed by atoms with Crippen molar-refractivity contribution >= 4 is 23.6 Å². The lowest BCUT2D eigenvalue weighted by Gasteiger charge is -2.09. The third-order valence-corrected chi connectivity index (χ3v) is 5.46. The van der Waals surface area contributed by atoms with Gasteiger partial charge in [0.05, 0.1) is 11.3 Å². The normalized spacial score (nSPS) is 10.6. The number of rotatable bonds is 9. The smallest absolute Gasteiger partial charge is 0.254 e. The van der Waals surface area contributed by atoms with Crippen LogP contribution in [-0.4, -0.2) is 33.5 Å². The Morgan fingerprint density at radius 3 is 2.63 bits per heavy atom. The van der Waals surface area contributed by atoms with Crippen LogP contribution in [-0.2, 0) is 17.1 Å². The molecule has 0 radical (unpaired) electrons. The van der Waals surface area contributed by atoms with E-state index in [-0.39, 0.29) is 24.8 Å². The van der Waals surface area contributed by atoms with E-state index in [1.807, 2.05) is 26.0 Å². The number of aromatic nitrogens is 3. The highest BCUT2D eigenvalue weighted by Crippen LogP contribution is 2.27. The minimum atomic E-state index is -0.258. The van der Waals surface area contributed by atoms with Gasteiger partial charge < -0.3 is 15.2 Å². The molecule has 0 bridgehead atoms. The third kappa shape index (κ3) is 5.90. The summed E-state index contributed by atoms with van der Waals surface area (Å²) < 4.78 is 5.18. The van der Waals surface area contributed by atoms with Gasteiger partial charge in [0.2, 0.25) is 5.91 Å². The molecule has 0 unspecified atom stereocenters. The number of pyridine rings is 2. The summed E-state index contributed by atoms with van der Waals surface area (Å²) in [4.78, 5) is 32.8. The van der Waals surface area contributed by atoms with E-state index >= 15 is 0 Å². The Balaban J connectivity index is 1.49. The molecule has 0 aromatic carbocycles. The Morgan fingerprint density at radius 2 is 1.90 bits per heavy atom. The number of amides is 2. The van der Waals surface area contributed by atoms with Crippen LogP contribution in [0.25, 0.3) is 0 Å². The van der Waals surface area contributed by atoms with E-state index in [4.69, 9.17) is 4.52 Å². The molecule has 0 fully saturated rings. The molecule has 3 rings (SSSR count). The lowest BCUT2D eigenvalue weighted by Crippen LogP contribution is -2.30. The largest absolute Gasteiger partial charge is 0.361 e. The molecule has 30 heavy (non-hydrogen) atoms. The van der Waals surface area contributed by atoms with E-state index < -0.39 is 0 Å². The van der Waals surface area contributed by atoms with Gasteiger partial charge in [0, 0.05) is 49.4 Å². The molecule has 0 saturated carbocycles. The van der Waals surface area contributed by atoms with Gasteiger partial charge in [0.15, 0.2) is 0 Å². The van der Waals surface area contributed by atoms with E-state index in [9.17, 15) is 9.59 Å². The van der Waals surface area contributed by atoms with Gasteiger partial charge in [-0.25, -0.2) is 4.98 Å². The Hall–Kier alpha value is -3.20. The molecule has 3 aromatic heterocycles. The first-order valence-corrected chi connectivity index (χ1v) is 10.5.